The van der Waals surface area contributed by atoms with Crippen molar-refractivity contribution in [2.24, 2.45) is 0 Å². The maximum absolute atomic E-state index is 11.4. The van der Waals surface area contributed by atoms with E-state index in [4.69, 9.17) is 0 Å². The standard InChI is InChI=1S/C11H15N3O/c1-2-12-11(15)14-10-5-3-4-9-8(10)6-7-13-9/h3-5,13H,2,6-7H2,1H3,(H2,12,14,15). The van der Waals surface area contributed by atoms with Crippen LogP contribution in [0.1, 0.15) is 12.5 Å². The number of anilines is 2. The number of rotatable bonds is 2. The molecule has 0 spiro atoms. The Morgan fingerprint density at radius 2 is 2.40 bits per heavy atom. The summed E-state index contributed by atoms with van der Waals surface area (Å²) in [6.45, 7) is 3.49. The highest BCUT2D eigenvalue weighted by atomic mass is 16.2. The van der Waals surface area contributed by atoms with E-state index in [0.29, 0.717) is 6.54 Å². The van der Waals surface area contributed by atoms with Gasteiger partial charge in [0.05, 0.1) is 0 Å². The van der Waals surface area contributed by atoms with Crippen LogP contribution < -0.4 is 16.0 Å². The molecular formula is C11H15N3O. The zero-order valence-electron chi connectivity index (χ0n) is 8.76. The quantitative estimate of drug-likeness (QED) is 0.689. The number of amides is 2. The van der Waals surface area contributed by atoms with Crippen molar-refractivity contribution in [1.82, 2.24) is 5.32 Å². The lowest BCUT2D eigenvalue weighted by atomic mass is 10.1. The molecular weight excluding hydrogens is 190 g/mol. The fraction of sp³-hybridized carbons (Fsp3) is 0.364. The lowest BCUT2D eigenvalue weighted by Gasteiger charge is -2.09. The molecule has 1 aliphatic heterocycles. The molecule has 2 amide bonds. The first kappa shape index (κ1) is 9.83. The molecule has 0 aliphatic carbocycles. The molecule has 80 valence electrons. The highest BCUT2D eigenvalue weighted by molar-refractivity contribution is 5.91. The molecule has 4 heteroatoms. The van der Waals surface area contributed by atoms with Gasteiger partial charge in [-0.1, -0.05) is 6.07 Å². The van der Waals surface area contributed by atoms with Crippen LogP contribution in [0.3, 0.4) is 0 Å². The third kappa shape index (κ3) is 2.03. The van der Waals surface area contributed by atoms with Gasteiger partial charge in [0.2, 0.25) is 0 Å². The van der Waals surface area contributed by atoms with E-state index >= 15 is 0 Å². The van der Waals surface area contributed by atoms with E-state index in [2.05, 4.69) is 16.0 Å². The van der Waals surface area contributed by atoms with E-state index in [-0.39, 0.29) is 6.03 Å². The van der Waals surface area contributed by atoms with Gasteiger partial charge in [-0.3, -0.25) is 0 Å². The molecule has 0 bridgehead atoms. The van der Waals surface area contributed by atoms with Crippen LogP contribution in [0.4, 0.5) is 16.2 Å². The second-order valence-electron chi connectivity index (χ2n) is 3.49. The number of benzene rings is 1. The zero-order valence-corrected chi connectivity index (χ0v) is 8.76. The molecule has 0 atom stereocenters. The molecule has 15 heavy (non-hydrogen) atoms. The van der Waals surface area contributed by atoms with Gasteiger partial charge in [0.1, 0.15) is 0 Å². The van der Waals surface area contributed by atoms with E-state index < -0.39 is 0 Å². The van der Waals surface area contributed by atoms with E-state index in [1.54, 1.807) is 0 Å². The molecule has 0 unspecified atom stereocenters. The van der Waals surface area contributed by atoms with Crippen LogP contribution in [0.2, 0.25) is 0 Å². The predicted octanol–water partition coefficient (Wildman–Crippen LogP) is 1.80. The number of fused-ring (bicyclic) bond motifs is 1. The first-order valence-corrected chi connectivity index (χ1v) is 5.22. The van der Waals surface area contributed by atoms with E-state index in [0.717, 1.165) is 24.3 Å². The Morgan fingerprint density at radius 1 is 1.53 bits per heavy atom. The summed E-state index contributed by atoms with van der Waals surface area (Å²) in [6, 6.07) is 5.77. The van der Waals surface area contributed by atoms with Crippen molar-refractivity contribution >= 4 is 17.4 Å². The monoisotopic (exact) mass is 205 g/mol. The number of carbonyl (C=O) groups is 1. The van der Waals surface area contributed by atoms with Crippen LogP contribution >= 0.6 is 0 Å². The van der Waals surface area contributed by atoms with Crippen molar-refractivity contribution in [2.45, 2.75) is 13.3 Å². The molecule has 4 nitrogen and oxygen atoms in total. The smallest absolute Gasteiger partial charge is 0.319 e. The van der Waals surface area contributed by atoms with Crippen molar-refractivity contribution in [3.63, 3.8) is 0 Å². The van der Waals surface area contributed by atoms with E-state index in [1.807, 2.05) is 25.1 Å². The van der Waals surface area contributed by atoms with Gasteiger partial charge in [-0.2, -0.15) is 0 Å². The van der Waals surface area contributed by atoms with Crippen LogP contribution in [0, 0.1) is 0 Å². The van der Waals surface area contributed by atoms with Gasteiger partial charge < -0.3 is 16.0 Å². The van der Waals surface area contributed by atoms with Crippen molar-refractivity contribution in [3.05, 3.63) is 23.8 Å². The maximum atomic E-state index is 11.4. The van der Waals surface area contributed by atoms with Crippen molar-refractivity contribution < 1.29 is 4.79 Å². The average Bonchev–Trinajstić information content (AvgIpc) is 2.67. The lowest BCUT2D eigenvalue weighted by molar-refractivity contribution is 0.252. The minimum atomic E-state index is -0.141. The maximum Gasteiger partial charge on any atom is 0.319 e. The fourth-order valence-electron chi connectivity index (χ4n) is 1.79. The minimum absolute atomic E-state index is 0.141. The van der Waals surface area contributed by atoms with Crippen LogP contribution in [-0.4, -0.2) is 19.1 Å². The summed E-state index contributed by atoms with van der Waals surface area (Å²) in [5.41, 5.74) is 3.23. The number of hydrogen-bond acceptors (Lipinski definition) is 2. The summed E-state index contributed by atoms with van der Waals surface area (Å²) < 4.78 is 0. The lowest BCUT2D eigenvalue weighted by Crippen LogP contribution is -2.28. The topological polar surface area (TPSA) is 53.2 Å². The predicted molar refractivity (Wildman–Crippen MR) is 61.3 cm³/mol. The van der Waals surface area contributed by atoms with Gasteiger partial charge in [-0.25, -0.2) is 4.79 Å². The molecule has 2 rings (SSSR count). The molecule has 1 aromatic carbocycles. The number of hydrogen-bond donors (Lipinski definition) is 3. The van der Waals surface area contributed by atoms with Crippen molar-refractivity contribution in [2.75, 3.05) is 23.7 Å². The van der Waals surface area contributed by atoms with Crippen LogP contribution in [0.5, 0.6) is 0 Å². The number of nitrogens with one attached hydrogen (secondary N) is 3. The van der Waals surface area contributed by atoms with Gasteiger partial charge in [0.15, 0.2) is 0 Å². The third-order valence-corrected chi connectivity index (χ3v) is 2.45. The normalized spacial score (nSPS) is 12.9. The number of carbonyl (C=O) groups excluding carboxylic acids is 1. The summed E-state index contributed by atoms with van der Waals surface area (Å²) in [5.74, 6) is 0. The summed E-state index contributed by atoms with van der Waals surface area (Å²) in [5, 5.41) is 8.84. The van der Waals surface area contributed by atoms with Crippen molar-refractivity contribution in [3.8, 4) is 0 Å². The van der Waals surface area contributed by atoms with E-state index in [9.17, 15) is 4.79 Å². The van der Waals surface area contributed by atoms with Gasteiger partial charge in [-0.15, -0.1) is 0 Å². The second kappa shape index (κ2) is 4.21. The summed E-state index contributed by atoms with van der Waals surface area (Å²) in [4.78, 5) is 11.4. The fourth-order valence-corrected chi connectivity index (χ4v) is 1.79. The molecule has 0 fully saturated rings. The molecule has 1 aromatic rings. The molecule has 1 heterocycles. The first-order valence-electron chi connectivity index (χ1n) is 5.22. The highest BCUT2D eigenvalue weighted by Gasteiger charge is 2.14. The van der Waals surface area contributed by atoms with E-state index in [1.165, 1.54) is 5.56 Å². The Kier molecular flexibility index (Phi) is 2.76. The van der Waals surface area contributed by atoms with Crippen LogP contribution in [-0.2, 0) is 6.42 Å². The molecule has 0 saturated heterocycles. The average molecular weight is 205 g/mol. The molecule has 1 aliphatic rings. The zero-order chi connectivity index (χ0) is 10.7. The molecule has 0 saturated carbocycles. The number of urea groups is 1. The SMILES string of the molecule is CCNC(=O)Nc1cccc2c1CCN2. The summed E-state index contributed by atoms with van der Waals surface area (Å²) in [7, 11) is 0. The Balaban J connectivity index is 2.15. The van der Waals surface area contributed by atoms with Gasteiger partial charge in [-0.05, 0) is 25.5 Å². The summed E-state index contributed by atoms with van der Waals surface area (Å²) >= 11 is 0. The summed E-state index contributed by atoms with van der Waals surface area (Å²) in [6.07, 6.45) is 0.970. The molecule has 0 aromatic heterocycles. The highest BCUT2D eigenvalue weighted by Crippen LogP contribution is 2.28. The first-order chi connectivity index (χ1) is 7.31. The third-order valence-electron chi connectivity index (χ3n) is 2.45. The second-order valence-corrected chi connectivity index (χ2v) is 3.49. The minimum Gasteiger partial charge on any atom is -0.384 e. The Bertz CT molecular complexity index is 376. The van der Waals surface area contributed by atoms with Crippen molar-refractivity contribution in [1.29, 1.82) is 0 Å². The van der Waals surface area contributed by atoms with Crippen LogP contribution in [0.15, 0.2) is 18.2 Å². The Morgan fingerprint density at radius 3 is 3.20 bits per heavy atom. The van der Waals surface area contributed by atoms with Gasteiger partial charge in [0, 0.05) is 30.0 Å². The molecule has 0 radical (unpaired) electrons. The van der Waals surface area contributed by atoms with Crippen LogP contribution in [0.25, 0.3) is 0 Å². The largest absolute Gasteiger partial charge is 0.384 e. The van der Waals surface area contributed by atoms with Gasteiger partial charge in [0.25, 0.3) is 0 Å². The Hall–Kier alpha value is -1.71. The van der Waals surface area contributed by atoms with Gasteiger partial charge >= 0.3 is 6.03 Å². The Labute approximate surface area is 89.1 Å². The molecule has 3 N–H and O–H groups in total.